The number of amides is 1. The summed E-state index contributed by atoms with van der Waals surface area (Å²) in [6.45, 7) is 9.32. The molecule has 68 heavy (non-hydrogen) atoms. The second-order valence-corrected chi connectivity index (χ2v) is 23.4. The molecular weight excluding hydrogens is 908 g/mol. The summed E-state index contributed by atoms with van der Waals surface area (Å²) >= 11 is 1.30. The molecule has 10 rings (SSSR count). The summed E-state index contributed by atoms with van der Waals surface area (Å²) in [5.41, 5.74) is 3.05. The molecule has 2 saturated heterocycles. The highest BCUT2D eigenvalue weighted by atomic mass is 32.2. The molecule has 2 atom stereocenters. The Bertz CT molecular complexity index is 2850. The van der Waals surface area contributed by atoms with Crippen molar-refractivity contribution < 1.29 is 37.1 Å². The number of hydrogen-bond donors (Lipinski definition) is 3. The van der Waals surface area contributed by atoms with Crippen molar-refractivity contribution in [3.8, 4) is 17.2 Å². The highest BCUT2D eigenvalue weighted by molar-refractivity contribution is 8.00. The number of aromatic amines is 1. The Hall–Kier alpha value is -5.23. The van der Waals surface area contributed by atoms with Gasteiger partial charge >= 0.3 is 0 Å². The van der Waals surface area contributed by atoms with Crippen LogP contribution in [0.4, 0.5) is 15.8 Å². The van der Waals surface area contributed by atoms with E-state index in [1.54, 1.807) is 12.1 Å². The van der Waals surface area contributed by atoms with E-state index in [-0.39, 0.29) is 50.4 Å². The lowest BCUT2D eigenvalue weighted by Crippen LogP contribution is -2.54. The number of carbonyl (C=O) groups excluding carboxylic acids is 1. The number of nitrogens with zero attached hydrogens (tertiary/aromatic N) is 4. The van der Waals surface area contributed by atoms with Crippen molar-refractivity contribution in [1.29, 1.82) is 0 Å². The van der Waals surface area contributed by atoms with E-state index < -0.39 is 42.9 Å². The lowest BCUT2D eigenvalue weighted by molar-refractivity contribution is -0.388. The number of halogens is 1. The van der Waals surface area contributed by atoms with Gasteiger partial charge in [0.25, 0.3) is 21.6 Å². The molecule has 0 radical (unpaired) electrons. The highest BCUT2D eigenvalue weighted by Crippen LogP contribution is 2.55. The minimum absolute atomic E-state index is 0.0295. The molecule has 1 spiro atoms. The predicted octanol–water partition coefficient (Wildman–Crippen LogP) is 10.4. The molecule has 5 aromatic rings. The molecule has 1 amide bonds. The lowest BCUT2D eigenvalue weighted by atomic mass is 9.59. The largest absolute Gasteiger partial charge is 0.491 e. The van der Waals surface area contributed by atoms with Crippen molar-refractivity contribution in [2.45, 2.75) is 130 Å². The SMILES string of the molecule is CC(C)c1ccccc1[C@H]1CCCN1C1CC2(CCN(c3ccc(C(=O)NS(=O)(=O)c4cc5c(c([N+](=O)[O-])c4)S[C@@H](C[C@H]4CC[C@](C)(O)CC4)CO5)c(Oc4cnc5[nH]cc(F)c5c4)c3)CC2)C1. The Morgan fingerprint density at radius 3 is 2.59 bits per heavy atom. The fraction of sp³-hybridized carbons (Fsp3) is 0.490. The third kappa shape index (κ3) is 9.30. The number of ether oxygens (including phenoxy) is 2. The van der Waals surface area contributed by atoms with E-state index in [1.807, 2.05) is 6.92 Å². The third-order valence-corrected chi connectivity index (χ3v) is 18.0. The van der Waals surface area contributed by atoms with Crippen LogP contribution >= 0.6 is 11.8 Å². The van der Waals surface area contributed by atoms with Crippen LogP contribution in [0.15, 0.2) is 82.8 Å². The van der Waals surface area contributed by atoms with Gasteiger partial charge in [0, 0.05) is 60.5 Å². The summed E-state index contributed by atoms with van der Waals surface area (Å²) in [6.07, 6.45) is 13.1. The van der Waals surface area contributed by atoms with Gasteiger partial charge in [-0.05, 0) is 131 Å². The predicted molar refractivity (Wildman–Crippen MR) is 259 cm³/mol. The van der Waals surface area contributed by atoms with E-state index in [9.17, 15) is 32.8 Å². The fourth-order valence-electron chi connectivity index (χ4n) is 11.6. The van der Waals surface area contributed by atoms with Crippen LogP contribution in [-0.2, 0) is 10.0 Å². The van der Waals surface area contributed by atoms with Crippen LogP contribution in [0.5, 0.6) is 17.2 Å². The quantitative estimate of drug-likeness (QED) is 0.0797. The molecule has 2 saturated carbocycles. The maximum absolute atomic E-state index is 14.7. The van der Waals surface area contributed by atoms with Crippen molar-refractivity contribution >= 4 is 50.1 Å². The Balaban J connectivity index is 0.853. The fourth-order valence-corrected chi connectivity index (χ4v) is 13.9. The number of pyridine rings is 1. The van der Waals surface area contributed by atoms with Crippen LogP contribution < -0.4 is 19.1 Å². The first-order valence-electron chi connectivity index (χ1n) is 24.0. The number of nitro benzene ring substituents is 1. The molecule has 0 unspecified atom stereocenters. The molecule has 3 aliphatic heterocycles. The second-order valence-electron chi connectivity index (χ2n) is 20.4. The van der Waals surface area contributed by atoms with Gasteiger partial charge in [-0.2, -0.15) is 0 Å². The second kappa shape index (κ2) is 18.3. The van der Waals surface area contributed by atoms with Crippen LogP contribution in [-0.4, -0.2) is 82.4 Å². The summed E-state index contributed by atoms with van der Waals surface area (Å²) in [5, 5.41) is 22.9. The van der Waals surface area contributed by atoms with Gasteiger partial charge in [-0.15, -0.1) is 11.8 Å². The first-order valence-corrected chi connectivity index (χ1v) is 26.4. The summed E-state index contributed by atoms with van der Waals surface area (Å²) in [7, 11) is -4.69. The number of sulfonamides is 1. The van der Waals surface area contributed by atoms with Crippen molar-refractivity contribution in [2.24, 2.45) is 11.3 Å². The highest BCUT2D eigenvalue weighted by Gasteiger charge is 2.50. The maximum atomic E-state index is 14.7. The Morgan fingerprint density at radius 2 is 1.84 bits per heavy atom. The molecular formula is C51H59FN6O8S2. The topological polar surface area (TPSA) is 180 Å². The Morgan fingerprint density at radius 1 is 1.07 bits per heavy atom. The number of fused-ring (bicyclic) bond motifs is 2. The lowest BCUT2D eigenvalue weighted by Gasteiger charge is -2.56. The first-order chi connectivity index (χ1) is 32.5. The number of aromatic nitrogens is 2. The monoisotopic (exact) mass is 966 g/mol. The van der Waals surface area contributed by atoms with E-state index in [1.165, 1.54) is 79.2 Å². The van der Waals surface area contributed by atoms with Crippen LogP contribution in [0.25, 0.3) is 11.0 Å². The number of thioether (sulfide) groups is 1. The zero-order chi connectivity index (χ0) is 47.5. The van der Waals surface area contributed by atoms with Gasteiger partial charge in [-0.25, -0.2) is 22.5 Å². The minimum atomic E-state index is -4.69. The van der Waals surface area contributed by atoms with E-state index in [0.29, 0.717) is 42.4 Å². The van der Waals surface area contributed by atoms with Crippen LogP contribution in [0.3, 0.4) is 0 Å². The summed E-state index contributed by atoms with van der Waals surface area (Å²) < 4.78 is 57.0. The van der Waals surface area contributed by atoms with Crippen molar-refractivity contribution in [2.75, 3.05) is 31.1 Å². The molecule has 3 aromatic carbocycles. The number of nitrogens with one attached hydrogen (secondary N) is 2. The Labute approximate surface area is 400 Å². The van der Waals surface area contributed by atoms with Gasteiger partial charge < -0.3 is 24.5 Å². The van der Waals surface area contributed by atoms with E-state index in [2.05, 4.69) is 62.6 Å². The Kier molecular flexibility index (Phi) is 12.5. The standard InChI is InChI=1S/C51H59FN6O8S2/c1-31(2)38-7-4-5-8-39(38)43-9-6-18-57(43)34-26-51(27-34)16-19-56(20-17-51)33-10-11-40(45(22-33)66-35-23-41-42(52)29-54-48(41)53-28-35)49(59)55-68(63,64)37-24-44(58(61)62)47-46(25-37)65-30-36(67-47)21-32-12-14-50(3,60)15-13-32/h4-5,7-8,10-11,22-25,28-29,31-32,34,36,43,60H,6,9,12-21,26-27,30H2,1-3H3,(H,53,54)(H,55,59)/t32-,36-,43+,50-/m0/s1. The van der Waals surface area contributed by atoms with E-state index in [4.69, 9.17) is 9.47 Å². The number of rotatable bonds is 12. The number of piperidine rings is 1. The number of likely N-dealkylation sites (tertiary alicyclic amines) is 1. The molecule has 14 nitrogen and oxygen atoms in total. The average molecular weight is 967 g/mol. The summed E-state index contributed by atoms with van der Waals surface area (Å²) in [4.78, 5) is 37.7. The van der Waals surface area contributed by atoms with Gasteiger partial charge in [0.15, 0.2) is 0 Å². The number of H-pyrrole nitrogens is 1. The molecule has 360 valence electrons. The molecule has 2 aliphatic carbocycles. The van der Waals surface area contributed by atoms with Crippen LogP contribution in [0.2, 0.25) is 0 Å². The number of carbonyl (C=O) groups is 1. The molecule has 5 heterocycles. The van der Waals surface area contributed by atoms with Crippen molar-refractivity contribution in [1.82, 2.24) is 19.6 Å². The molecule has 5 aliphatic rings. The molecule has 3 N–H and O–H groups in total. The van der Waals surface area contributed by atoms with Gasteiger partial charge in [-0.3, -0.25) is 19.8 Å². The normalized spacial score (nSPS) is 24.1. The first kappa shape index (κ1) is 46.5. The number of aliphatic hydroxyl groups is 1. The molecule has 4 fully saturated rings. The zero-order valence-electron chi connectivity index (χ0n) is 38.7. The molecule has 2 aromatic heterocycles. The van der Waals surface area contributed by atoms with E-state index in [0.717, 1.165) is 63.5 Å². The number of benzene rings is 3. The van der Waals surface area contributed by atoms with Gasteiger partial charge in [0.2, 0.25) is 0 Å². The minimum Gasteiger partial charge on any atom is -0.491 e. The van der Waals surface area contributed by atoms with Crippen LogP contribution in [0, 0.1) is 27.3 Å². The van der Waals surface area contributed by atoms with Crippen molar-refractivity contribution in [3.63, 3.8) is 0 Å². The van der Waals surface area contributed by atoms with Gasteiger partial charge in [0.1, 0.15) is 40.2 Å². The molecule has 17 heteroatoms. The number of anilines is 1. The average Bonchev–Trinajstić information content (AvgIpc) is 3.94. The van der Waals surface area contributed by atoms with Crippen molar-refractivity contribution in [3.05, 3.63) is 106 Å². The van der Waals surface area contributed by atoms with Gasteiger partial charge in [0.05, 0.1) is 32.6 Å². The van der Waals surface area contributed by atoms with Gasteiger partial charge in [-0.1, -0.05) is 38.1 Å². The third-order valence-electron chi connectivity index (χ3n) is 15.4. The maximum Gasteiger partial charge on any atom is 0.288 e. The zero-order valence-corrected chi connectivity index (χ0v) is 40.3. The summed E-state index contributed by atoms with van der Waals surface area (Å²) in [5.74, 6) is -0.526. The summed E-state index contributed by atoms with van der Waals surface area (Å²) in [6, 6.07) is 18.6. The number of hydrogen-bond acceptors (Lipinski definition) is 12. The number of nitro groups is 1. The smallest absolute Gasteiger partial charge is 0.288 e. The van der Waals surface area contributed by atoms with Crippen LogP contribution in [0.1, 0.15) is 125 Å². The van der Waals surface area contributed by atoms with E-state index >= 15 is 0 Å². The molecule has 0 bridgehead atoms.